The van der Waals surface area contributed by atoms with Crippen molar-refractivity contribution in [2.24, 2.45) is 0 Å². The average Bonchev–Trinajstić information content (AvgIpc) is 2.57. The van der Waals surface area contributed by atoms with E-state index in [4.69, 9.17) is 0 Å². The number of carbonyl (C=O) groups is 1. The Labute approximate surface area is 114 Å². The highest BCUT2D eigenvalue weighted by atomic mass is 32.1. The SMILES string of the molecule is Cc1cc(C(C)NC(=O)CCNC(C)C)c(C)s1. The molecule has 1 unspecified atom stereocenters. The van der Waals surface area contributed by atoms with Crippen molar-refractivity contribution in [2.75, 3.05) is 6.54 Å². The summed E-state index contributed by atoms with van der Waals surface area (Å²) >= 11 is 1.78. The first kappa shape index (κ1) is 15.2. The molecular weight excluding hydrogens is 244 g/mol. The Kier molecular flexibility index (Phi) is 5.82. The molecule has 4 heteroatoms. The highest BCUT2D eigenvalue weighted by molar-refractivity contribution is 7.12. The third-order valence-electron chi connectivity index (χ3n) is 2.83. The molecule has 0 saturated heterocycles. The molecule has 0 radical (unpaired) electrons. The third kappa shape index (κ3) is 4.78. The Morgan fingerprint density at radius 1 is 1.33 bits per heavy atom. The first-order valence-corrected chi connectivity index (χ1v) is 7.31. The maximum atomic E-state index is 11.8. The van der Waals surface area contributed by atoms with E-state index in [1.807, 2.05) is 6.92 Å². The van der Waals surface area contributed by atoms with E-state index in [0.29, 0.717) is 12.5 Å². The van der Waals surface area contributed by atoms with Gasteiger partial charge in [0.15, 0.2) is 0 Å². The summed E-state index contributed by atoms with van der Waals surface area (Å²) in [6.45, 7) is 11.1. The second kappa shape index (κ2) is 6.90. The molecule has 1 amide bonds. The van der Waals surface area contributed by atoms with Crippen LogP contribution in [0.25, 0.3) is 0 Å². The van der Waals surface area contributed by atoms with E-state index >= 15 is 0 Å². The molecule has 2 N–H and O–H groups in total. The number of thiophene rings is 1. The lowest BCUT2D eigenvalue weighted by Gasteiger charge is -2.14. The quantitative estimate of drug-likeness (QED) is 0.833. The Balaban J connectivity index is 2.42. The smallest absolute Gasteiger partial charge is 0.221 e. The predicted octanol–water partition coefficient (Wildman–Crippen LogP) is 2.93. The number of carbonyl (C=O) groups excluding carboxylic acids is 1. The summed E-state index contributed by atoms with van der Waals surface area (Å²) in [4.78, 5) is 14.4. The largest absolute Gasteiger partial charge is 0.350 e. The average molecular weight is 268 g/mol. The molecule has 1 atom stereocenters. The van der Waals surface area contributed by atoms with Crippen LogP contribution in [0.15, 0.2) is 6.07 Å². The zero-order valence-electron chi connectivity index (χ0n) is 12.0. The lowest BCUT2D eigenvalue weighted by molar-refractivity contribution is -0.121. The standard InChI is InChI=1S/C14H24N2OS/c1-9(2)15-7-6-14(17)16-11(4)13-8-10(3)18-12(13)5/h8-9,11,15H,6-7H2,1-5H3,(H,16,17). The number of aryl methyl sites for hydroxylation is 2. The third-order valence-corrected chi connectivity index (χ3v) is 3.81. The van der Waals surface area contributed by atoms with E-state index < -0.39 is 0 Å². The highest BCUT2D eigenvalue weighted by Crippen LogP contribution is 2.25. The maximum absolute atomic E-state index is 11.8. The van der Waals surface area contributed by atoms with Crippen molar-refractivity contribution in [2.45, 2.75) is 53.1 Å². The van der Waals surface area contributed by atoms with E-state index in [1.165, 1.54) is 15.3 Å². The van der Waals surface area contributed by atoms with Crippen LogP contribution in [0.5, 0.6) is 0 Å². The Bertz CT molecular complexity index is 398. The zero-order chi connectivity index (χ0) is 13.7. The van der Waals surface area contributed by atoms with Crippen LogP contribution in [0.1, 0.15) is 48.6 Å². The van der Waals surface area contributed by atoms with Gasteiger partial charge in [0.25, 0.3) is 0 Å². The summed E-state index contributed by atoms with van der Waals surface area (Å²) in [6, 6.07) is 2.69. The molecule has 1 aromatic rings. The topological polar surface area (TPSA) is 41.1 Å². The van der Waals surface area contributed by atoms with Crippen LogP contribution in [-0.4, -0.2) is 18.5 Å². The van der Waals surface area contributed by atoms with Crippen LogP contribution < -0.4 is 10.6 Å². The normalized spacial score (nSPS) is 12.8. The highest BCUT2D eigenvalue weighted by Gasteiger charge is 2.13. The molecule has 0 spiro atoms. The van der Waals surface area contributed by atoms with Crippen molar-refractivity contribution in [3.8, 4) is 0 Å². The van der Waals surface area contributed by atoms with Gasteiger partial charge in [-0.05, 0) is 32.4 Å². The van der Waals surface area contributed by atoms with Crippen molar-refractivity contribution in [3.05, 3.63) is 21.4 Å². The van der Waals surface area contributed by atoms with Gasteiger partial charge in [0.05, 0.1) is 6.04 Å². The maximum Gasteiger partial charge on any atom is 0.221 e. The summed E-state index contributed by atoms with van der Waals surface area (Å²) in [7, 11) is 0. The van der Waals surface area contributed by atoms with Gasteiger partial charge in [-0.1, -0.05) is 13.8 Å². The van der Waals surface area contributed by atoms with Crippen molar-refractivity contribution in [1.82, 2.24) is 10.6 Å². The van der Waals surface area contributed by atoms with Crippen molar-refractivity contribution in [1.29, 1.82) is 0 Å². The Morgan fingerprint density at radius 3 is 2.50 bits per heavy atom. The molecule has 0 bridgehead atoms. The summed E-state index contributed by atoms with van der Waals surface area (Å²) in [5, 5.41) is 6.30. The zero-order valence-corrected chi connectivity index (χ0v) is 12.8. The number of hydrogen-bond donors (Lipinski definition) is 2. The molecular formula is C14H24N2OS. The van der Waals surface area contributed by atoms with Gasteiger partial charge in [-0.3, -0.25) is 4.79 Å². The molecule has 0 aliphatic carbocycles. The van der Waals surface area contributed by atoms with Gasteiger partial charge in [-0.2, -0.15) is 0 Å². The number of amides is 1. The molecule has 18 heavy (non-hydrogen) atoms. The van der Waals surface area contributed by atoms with E-state index in [9.17, 15) is 4.79 Å². The number of nitrogens with one attached hydrogen (secondary N) is 2. The van der Waals surface area contributed by atoms with Crippen LogP contribution in [0, 0.1) is 13.8 Å². The first-order chi connectivity index (χ1) is 8.40. The predicted molar refractivity (Wildman–Crippen MR) is 78.1 cm³/mol. The molecule has 0 aliphatic heterocycles. The molecule has 0 aliphatic rings. The Hall–Kier alpha value is -0.870. The van der Waals surface area contributed by atoms with Crippen molar-refractivity contribution in [3.63, 3.8) is 0 Å². The molecule has 0 fully saturated rings. The fourth-order valence-electron chi connectivity index (χ4n) is 1.95. The molecule has 3 nitrogen and oxygen atoms in total. The van der Waals surface area contributed by atoms with Crippen LogP contribution in [-0.2, 0) is 4.79 Å². The van der Waals surface area contributed by atoms with E-state index in [-0.39, 0.29) is 11.9 Å². The van der Waals surface area contributed by atoms with Crippen LogP contribution >= 0.6 is 11.3 Å². The lowest BCUT2D eigenvalue weighted by atomic mass is 10.1. The molecule has 0 aromatic carbocycles. The Morgan fingerprint density at radius 2 is 2.00 bits per heavy atom. The van der Waals surface area contributed by atoms with E-state index in [2.05, 4.69) is 44.4 Å². The molecule has 0 saturated carbocycles. The van der Waals surface area contributed by atoms with Crippen molar-refractivity contribution < 1.29 is 4.79 Å². The van der Waals surface area contributed by atoms with Crippen LogP contribution in [0.3, 0.4) is 0 Å². The summed E-state index contributed by atoms with van der Waals surface area (Å²) in [5.74, 6) is 0.110. The van der Waals surface area contributed by atoms with Gasteiger partial charge >= 0.3 is 0 Å². The van der Waals surface area contributed by atoms with Gasteiger partial charge in [0.2, 0.25) is 5.91 Å². The van der Waals surface area contributed by atoms with Gasteiger partial charge in [0.1, 0.15) is 0 Å². The van der Waals surface area contributed by atoms with E-state index in [0.717, 1.165) is 6.54 Å². The van der Waals surface area contributed by atoms with Gasteiger partial charge in [0, 0.05) is 28.8 Å². The molecule has 1 heterocycles. The fraction of sp³-hybridized carbons (Fsp3) is 0.643. The monoisotopic (exact) mass is 268 g/mol. The summed E-state index contributed by atoms with van der Waals surface area (Å²) in [6.07, 6.45) is 0.532. The number of rotatable bonds is 6. The minimum atomic E-state index is 0.0986. The van der Waals surface area contributed by atoms with Gasteiger partial charge in [-0.15, -0.1) is 11.3 Å². The molecule has 1 rings (SSSR count). The molecule has 1 aromatic heterocycles. The van der Waals surface area contributed by atoms with Crippen LogP contribution in [0.4, 0.5) is 0 Å². The van der Waals surface area contributed by atoms with Crippen molar-refractivity contribution >= 4 is 17.2 Å². The van der Waals surface area contributed by atoms with Gasteiger partial charge < -0.3 is 10.6 Å². The van der Waals surface area contributed by atoms with Gasteiger partial charge in [-0.25, -0.2) is 0 Å². The second-order valence-electron chi connectivity index (χ2n) is 5.02. The van der Waals surface area contributed by atoms with E-state index in [1.54, 1.807) is 11.3 Å². The number of hydrogen-bond acceptors (Lipinski definition) is 3. The lowest BCUT2D eigenvalue weighted by Crippen LogP contribution is -2.32. The fourth-order valence-corrected chi connectivity index (χ4v) is 2.97. The summed E-state index contributed by atoms with van der Waals surface area (Å²) < 4.78 is 0. The van der Waals surface area contributed by atoms with Crippen LogP contribution in [0.2, 0.25) is 0 Å². The summed E-state index contributed by atoms with van der Waals surface area (Å²) in [5.41, 5.74) is 1.24. The minimum Gasteiger partial charge on any atom is -0.350 e. The first-order valence-electron chi connectivity index (χ1n) is 6.49. The minimum absolute atomic E-state index is 0.0986. The molecule has 102 valence electrons. The second-order valence-corrected chi connectivity index (χ2v) is 6.48.